The Hall–Kier alpha value is -0.770. The summed E-state index contributed by atoms with van der Waals surface area (Å²) in [5.41, 5.74) is 4.39. The van der Waals surface area contributed by atoms with Gasteiger partial charge in [-0.25, -0.2) is 0 Å². The van der Waals surface area contributed by atoms with Crippen molar-refractivity contribution in [1.82, 2.24) is 0 Å². The number of hydrogen-bond acceptors (Lipinski definition) is 3. The Morgan fingerprint density at radius 1 is 1.44 bits per heavy atom. The van der Waals surface area contributed by atoms with Crippen LogP contribution in [0.25, 0.3) is 0 Å². The molecule has 0 spiro atoms. The second-order valence-electron chi connectivity index (χ2n) is 4.19. The highest BCUT2D eigenvalue weighted by Crippen LogP contribution is 2.20. The summed E-state index contributed by atoms with van der Waals surface area (Å²) in [6, 6.07) is 5.55. The first-order valence-electron chi connectivity index (χ1n) is 5.46. The van der Waals surface area contributed by atoms with Crippen molar-refractivity contribution >= 4 is 17.3 Å². The van der Waals surface area contributed by atoms with Crippen molar-refractivity contribution in [2.45, 2.75) is 26.9 Å². The molecule has 3 N–H and O–H groups in total. The minimum absolute atomic E-state index is 0.529. The van der Waals surface area contributed by atoms with E-state index in [0.29, 0.717) is 17.5 Å². The summed E-state index contributed by atoms with van der Waals surface area (Å²) >= 11 is 6.05. The smallest absolute Gasteiger partial charge is 0.0732 e. The predicted octanol–water partition coefficient (Wildman–Crippen LogP) is 3.19. The SMILES string of the molecule is CC(C)CCOCc1cc(NN)ccc1Cl. The third-order valence-electron chi connectivity index (χ3n) is 2.31. The normalized spacial score (nSPS) is 10.8. The highest BCUT2D eigenvalue weighted by atomic mass is 35.5. The molecular weight excluding hydrogens is 224 g/mol. The number of nitrogens with two attached hydrogens (primary N) is 1. The first kappa shape index (κ1) is 13.3. The number of hydrazine groups is 1. The molecule has 0 radical (unpaired) electrons. The molecule has 0 heterocycles. The lowest BCUT2D eigenvalue weighted by Gasteiger charge is -2.09. The number of ether oxygens (including phenoxy) is 1. The molecular formula is C12H19ClN2O. The van der Waals surface area contributed by atoms with Crippen LogP contribution in [0.1, 0.15) is 25.8 Å². The van der Waals surface area contributed by atoms with Crippen LogP contribution in [-0.4, -0.2) is 6.61 Å². The molecule has 0 atom stereocenters. The summed E-state index contributed by atoms with van der Waals surface area (Å²) in [6.45, 7) is 5.64. The van der Waals surface area contributed by atoms with Crippen LogP contribution in [0.15, 0.2) is 18.2 Å². The van der Waals surface area contributed by atoms with E-state index in [-0.39, 0.29) is 0 Å². The average Bonchev–Trinajstić information content (AvgIpc) is 2.26. The average molecular weight is 243 g/mol. The van der Waals surface area contributed by atoms with Gasteiger partial charge in [-0.15, -0.1) is 0 Å². The van der Waals surface area contributed by atoms with Crippen LogP contribution in [0.4, 0.5) is 5.69 Å². The van der Waals surface area contributed by atoms with E-state index in [4.69, 9.17) is 22.2 Å². The van der Waals surface area contributed by atoms with E-state index in [1.807, 2.05) is 18.2 Å². The van der Waals surface area contributed by atoms with Crippen molar-refractivity contribution in [3.63, 3.8) is 0 Å². The zero-order chi connectivity index (χ0) is 12.0. The second-order valence-corrected chi connectivity index (χ2v) is 4.59. The highest BCUT2D eigenvalue weighted by Gasteiger charge is 2.02. The quantitative estimate of drug-likeness (QED) is 0.458. The Morgan fingerprint density at radius 2 is 2.19 bits per heavy atom. The van der Waals surface area contributed by atoms with Crippen LogP contribution < -0.4 is 11.3 Å². The lowest BCUT2D eigenvalue weighted by atomic mass is 10.1. The summed E-state index contributed by atoms with van der Waals surface area (Å²) in [5, 5.41) is 0.712. The predicted molar refractivity (Wildman–Crippen MR) is 68.4 cm³/mol. The monoisotopic (exact) mass is 242 g/mol. The molecule has 0 saturated heterocycles. The molecule has 1 aromatic carbocycles. The van der Waals surface area contributed by atoms with Crippen LogP contribution in [0.2, 0.25) is 5.02 Å². The third-order valence-corrected chi connectivity index (χ3v) is 2.68. The number of hydrogen-bond donors (Lipinski definition) is 2. The van der Waals surface area contributed by atoms with Crippen molar-refractivity contribution in [2.75, 3.05) is 12.0 Å². The number of nitrogen functional groups attached to an aromatic ring is 1. The largest absolute Gasteiger partial charge is 0.377 e. The molecule has 16 heavy (non-hydrogen) atoms. The Labute approximate surface area is 102 Å². The van der Waals surface area contributed by atoms with Gasteiger partial charge >= 0.3 is 0 Å². The Balaban J connectivity index is 2.46. The van der Waals surface area contributed by atoms with E-state index in [1.54, 1.807) is 0 Å². The number of nitrogens with one attached hydrogen (secondary N) is 1. The van der Waals surface area contributed by atoms with Gasteiger partial charge in [-0.2, -0.15) is 0 Å². The molecule has 0 aliphatic heterocycles. The fraction of sp³-hybridized carbons (Fsp3) is 0.500. The van der Waals surface area contributed by atoms with Gasteiger partial charge in [0.05, 0.1) is 6.61 Å². The summed E-state index contributed by atoms with van der Waals surface area (Å²) in [7, 11) is 0. The van der Waals surface area contributed by atoms with Gasteiger partial charge in [0.1, 0.15) is 0 Å². The Kier molecular flexibility index (Phi) is 5.60. The molecule has 0 aromatic heterocycles. The van der Waals surface area contributed by atoms with E-state index in [0.717, 1.165) is 24.3 Å². The minimum Gasteiger partial charge on any atom is -0.377 e. The van der Waals surface area contributed by atoms with Crippen molar-refractivity contribution in [3.05, 3.63) is 28.8 Å². The summed E-state index contributed by atoms with van der Waals surface area (Å²) < 4.78 is 5.56. The molecule has 0 aliphatic rings. The maximum absolute atomic E-state index is 6.05. The van der Waals surface area contributed by atoms with Gasteiger partial charge in [-0.1, -0.05) is 25.4 Å². The first-order valence-corrected chi connectivity index (χ1v) is 5.84. The van der Waals surface area contributed by atoms with Gasteiger partial charge in [0.15, 0.2) is 0 Å². The number of halogens is 1. The van der Waals surface area contributed by atoms with Gasteiger partial charge < -0.3 is 10.2 Å². The molecule has 90 valence electrons. The van der Waals surface area contributed by atoms with Gasteiger partial charge in [-0.05, 0) is 36.1 Å². The molecule has 1 aromatic rings. The molecule has 0 amide bonds. The molecule has 0 unspecified atom stereocenters. The summed E-state index contributed by atoms with van der Waals surface area (Å²) in [5.74, 6) is 5.99. The number of benzene rings is 1. The van der Waals surface area contributed by atoms with E-state index in [1.165, 1.54) is 0 Å². The van der Waals surface area contributed by atoms with Crippen molar-refractivity contribution in [1.29, 1.82) is 0 Å². The van der Waals surface area contributed by atoms with Gasteiger partial charge in [0.2, 0.25) is 0 Å². The van der Waals surface area contributed by atoms with E-state index in [9.17, 15) is 0 Å². The van der Waals surface area contributed by atoms with Crippen molar-refractivity contribution < 1.29 is 4.74 Å². The molecule has 4 heteroatoms. The fourth-order valence-electron chi connectivity index (χ4n) is 1.28. The van der Waals surface area contributed by atoms with E-state index >= 15 is 0 Å². The zero-order valence-corrected chi connectivity index (χ0v) is 10.6. The maximum Gasteiger partial charge on any atom is 0.0732 e. The Bertz CT molecular complexity index is 329. The zero-order valence-electron chi connectivity index (χ0n) is 9.79. The number of rotatable bonds is 6. The van der Waals surface area contributed by atoms with Crippen molar-refractivity contribution in [2.24, 2.45) is 11.8 Å². The van der Waals surface area contributed by atoms with Gasteiger partial charge in [0, 0.05) is 17.3 Å². The van der Waals surface area contributed by atoms with Crippen LogP contribution >= 0.6 is 11.6 Å². The van der Waals surface area contributed by atoms with Crippen LogP contribution in [0, 0.1) is 5.92 Å². The third kappa shape index (κ3) is 4.39. The highest BCUT2D eigenvalue weighted by molar-refractivity contribution is 6.31. The number of anilines is 1. The lowest BCUT2D eigenvalue weighted by Crippen LogP contribution is -2.07. The standard InChI is InChI=1S/C12H19ClN2O/c1-9(2)5-6-16-8-10-7-11(15-14)3-4-12(10)13/h3-4,7,9,15H,5-6,8,14H2,1-2H3. The molecule has 0 saturated carbocycles. The fourth-order valence-corrected chi connectivity index (χ4v) is 1.45. The topological polar surface area (TPSA) is 47.3 Å². The first-order chi connectivity index (χ1) is 7.63. The lowest BCUT2D eigenvalue weighted by molar-refractivity contribution is 0.111. The second kappa shape index (κ2) is 6.74. The summed E-state index contributed by atoms with van der Waals surface area (Å²) in [6.07, 6.45) is 1.06. The van der Waals surface area contributed by atoms with Crippen LogP contribution in [0.5, 0.6) is 0 Å². The Morgan fingerprint density at radius 3 is 2.81 bits per heavy atom. The molecule has 0 bridgehead atoms. The van der Waals surface area contributed by atoms with E-state index < -0.39 is 0 Å². The van der Waals surface area contributed by atoms with E-state index in [2.05, 4.69) is 19.3 Å². The van der Waals surface area contributed by atoms with Crippen molar-refractivity contribution in [3.8, 4) is 0 Å². The van der Waals surface area contributed by atoms with Gasteiger partial charge in [-0.3, -0.25) is 5.84 Å². The van der Waals surface area contributed by atoms with Crippen LogP contribution in [-0.2, 0) is 11.3 Å². The minimum atomic E-state index is 0.529. The maximum atomic E-state index is 6.05. The summed E-state index contributed by atoms with van der Waals surface area (Å²) in [4.78, 5) is 0. The van der Waals surface area contributed by atoms with Gasteiger partial charge in [0.25, 0.3) is 0 Å². The molecule has 0 aliphatic carbocycles. The molecule has 0 fully saturated rings. The van der Waals surface area contributed by atoms with Crippen LogP contribution in [0.3, 0.4) is 0 Å². The molecule has 3 nitrogen and oxygen atoms in total. The molecule has 1 rings (SSSR count).